The van der Waals surface area contributed by atoms with Crippen LogP contribution >= 0.6 is 27.3 Å². The highest BCUT2D eigenvalue weighted by Gasteiger charge is 2.12. The highest BCUT2D eigenvalue weighted by Crippen LogP contribution is 2.36. The zero-order valence-corrected chi connectivity index (χ0v) is 14.2. The Balaban J connectivity index is 2.46. The zero-order chi connectivity index (χ0) is 15.6. The number of aromatic hydroxyl groups is 1. The quantitative estimate of drug-likeness (QED) is 0.817. The van der Waals surface area contributed by atoms with E-state index in [1.165, 1.54) is 24.7 Å². The maximum Gasteiger partial charge on any atom is 0.166 e. The van der Waals surface area contributed by atoms with Crippen LogP contribution in [-0.2, 0) is 0 Å². The Labute approximate surface area is 135 Å². The molecule has 0 unspecified atom stereocenters. The van der Waals surface area contributed by atoms with Gasteiger partial charge in [-0.2, -0.15) is 5.26 Å². The van der Waals surface area contributed by atoms with Crippen LogP contribution < -0.4 is 4.74 Å². The SMILES string of the molecule is COc1cc(Br)cc(C=Nc2sc(C)c(C)c2C#N)c1O. The number of aryl methyl sites for hydroxylation is 1. The molecule has 0 saturated heterocycles. The van der Waals surface area contributed by atoms with Crippen molar-refractivity contribution in [2.24, 2.45) is 4.99 Å². The number of phenols is 1. The topological polar surface area (TPSA) is 65.6 Å². The van der Waals surface area contributed by atoms with Gasteiger partial charge in [0.05, 0.1) is 12.7 Å². The summed E-state index contributed by atoms with van der Waals surface area (Å²) in [5.74, 6) is 0.387. The predicted molar refractivity (Wildman–Crippen MR) is 88.1 cm³/mol. The molecule has 2 aromatic rings. The number of nitrogens with zero attached hydrogens (tertiary/aromatic N) is 2. The van der Waals surface area contributed by atoms with Gasteiger partial charge in [-0.15, -0.1) is 11.3 Å². The third-order valence-corrected chi connectivity index (χ3v) is 4.66. The van der Waals surface area contributed by atoms with Gasteiger partial charge < -0.3 is 9.84 Å². The highest BCUT2D eigenvalue weighted by atomic mass is 79.9. The van der Waals surface area contributed by atoms with Gasteiger partial charge in [0.25, 0.3) is 0 Å². The van der Waals surface area contributed by atoms with Gasteiger partial charge in [0.1, 0.15) is 11.1 Å². The molecule has 0 fully saturated rings. The molecule has 0 aliphatic rings. The van der Waals surface area contributed by atoms with E-state index in [1.807, 2.05) is 13.8 Å². The minimum atomic E-state index is 0.0213. The number of halogens is 1. The molecule has 108 valence electrons. The molecule has 0 radical (unpaired) electrons. The molecule has 0 amide bonds. The second-order valence-electron chi connectivity index (χ2n) is 4.38. The van der Waals surface area contributed by atoms with Crippen LogP contribution in [0.2, 0.25) is 0 Å². The fourth-order valence-electron chi connectivity index (χ4n) is 1.81. The molecule has 1 N–H and O–H groups in total. The summed E-state index contributed by atoms with van der Waals surface area (Å²) in [6, 6.07) is 5.58. The van der Waals surface area contributed by atoms with Crippen LogP contribution in [0.3, 0.4) is 0 Å². The van der Waals surface area contributed by atoms with Crippen molar-refractivity contribution in [2.75, 3.05) is 7.11 Å². The number of aliphatic imine (C=N–C) groups is 1. The Morgan fingerprint density at radius 3 is 2.76 bits per heavy atom. The lowest BCUT2D eigenvalue weighted by Crippen LogP contribution is -1.89. The minimum Gasteiger partial charge on any atom is -0.504 e. The number of methoxy groups -OCH3 is 1. The normalized spacial score (nSPS) is 10.8. The summed E-state index contributed by atoms with van der Waals surface area (Å²) in [5.41, 5.74) is 2.05. The maximum absolute atomic E-state index is 10.1. The molecule has 1 aromatic heterocycles. The third-order valence-electron chi connectivity index (χ3n) is 3.09. The molecule has 0 atom stereocenters. The molecule has 6 heteroatoms. The van der Waals surface area contributed by atoms with Gasteiger partial charge in [-0.05, 0) is 31.5 Å². The van der Waals surface area contributed by atoms with E-state index in [1.54, 1.807) is 12.1 Å². The lowest BCUT2D eigenvalue weighted by molar-refractivity contribution is 0.373. The maximum atomic E-state index is 10.1. The fourth-order valence-corrected chi connectivity index (χ4v) is 3.21. The summed E-state index contributed by atoms with van der Waals surface area (Å²) in [6.07, 6.45) is 1.54. The van der Waals surface area contributed by atoms with Crippen molar-refractivity contribution in [3.05, 3.63) is 38.2 Å². The molecular formula is C15H13BrN2O2S. The second kappa shape index (κ2) is 6.29. The van der Waals surface area contributed by atoms with Crippen LogP contribution in [0.15, 0.2) is 21.6 Å². The second-order valence-corrected chi connectivity index (χ2v) is 6.50. The van der Waals surface area contributed by atoms with E-state index in [0.717, 1.165) is 14.9 Å². The molecule has 2 rings (SSSR count). The minimum absolute atomic E-state index is 0.0213. The Hall–Kier alpha value is -1.84. The molecule has 0 aliphatic heterocycles. The Kier molecular flexibility index (Phi) is 4.66. The monoisotopic (exact) mass is 364 g/mol. The van der Waals surface area contributed by atoms with Crippen LogP contribution in [-0.4, -0.2) is 18.4 Å². The first-order valence-corrected chi connectivity index (χ1v) is 7.69. The van der Waals surface area contributed by atoms with Crippen LogP contribution in [0.25, 0.3) is 0 Å². The van der Waals surface area contributed by atoms with Gasteiger partial charge >= 0.3 is 0 Å². The van der Waals surface area contributed by atoms with Crippen LogP contribution in [0.1, 0.15) is 21.6 Å². The first-order chi connectivity index (χ1) is 9.97. The molecule has 21 heavy (non-hydrogen) atoms. The van der Waals surface area contributed by atoms with Gasteiger partial charge in [0.2, 0.25) is 0 Å². The average Bonchev–Trinajstić information content (AvgIpc) is 2.74. The molecule has 0 aliphatic carbocycles. The van der Waals surface area contributed by atoms with Crippen molar-refractivity contribution in [2.45, 2.75) is 13.8 Å². The average molecular weight is 365 g/mol. The largest absolute Gasteiger partial charge is 0.504 e. The Morgan fingerprint density at radius 1 is 1.43 bits per heavy atom. The van der Waals surface area contributed by atoms with Crippen LogP contribution in [0.4, 0.5) is 5.00 Å². The van der Waals surface area contributed by atoms with Crippen LogP contribution in [0.5, 0.6) is 11.5 Å². The summed E-state index contributed by atoms with van der Waals surface area (Å²) in [6.45, 7) is 3.86. The summed E-state index contributed by atoms with van der Waals surface area (Å²) in [7, 11) is 1.49. The first-order valence-electron chi connectivity index (χ1n) is 6.08. The van der Waals surface area contributed by atoms with Crippen molar-refractivity contribution in [1.29, 1.82) is 5.26 Å². The fraction of sp³-hybridized carbons (Fsp3) is 0.200. The number of rotatable bonds is 3. The number of benzene rings is 1. The van der Waals surface area contributed by atoms with Gasteiger partial charge in [0.15, 0.2) is 11.5 Å². The molecule has 4 nitrogen and oxygen atoms in total. The smallest absolute Gasteiger partial charge is 0.166 e. The molecule has 0 bridgehead atoms. The third kappa shape index (κ3) is 3.09. The lowest BCUT2D eigenvalue weighted by atomic mass is 10.2. The van der Waals surface area contributed by atoms with E-state index in [9.17, 15) is 10.4 Å². The van der Waals surface area contributed by atoms with Crippen molar-refractivity contribution in [1.82, 2.24) is 0 Å². The van der Waals surface area contributed by atoms with Gasteiger partial charge in [-0.1, -0.05) is 15.9 Å². The number of thiophene rings is 1. The zero-order valence-electron chi connectivity index (χ0n) is 11.8. The number of nitriles is 1. The number of hydrogen-bond acceptors (Lipinski definition) is 5. The Bertz CT molecular complexity index is 760. The number of hydrogen-bond donors (Lipinski definition) is 1. The molecule has 0 saturated carbocycles. The standard InChI is InChI=1S/C15H13BrN2O2S/c1-8-9(2)21-15(12(8)6-17)18-7-10-4-11(16)5-13(20-3)14(10)19/h4-5,7,19H,1-3H3. The molecule has 1 aromatic carbocycles. The number of phenolic OH excluding ortho intramolecular Hbond substituents is 1. The molecular weight excluding hydrogens is 352 g/mol. The van der Waals surface area contributed by atoms with E-state index in [4.69, 9.17) is 4.74 Å². The van der Waals surface area contributed by atoms with E-state index in [-0.39, 0.29) is 5.75 Å². The first kappa shape index (κ1) is 15.5. The molecule has 1 heterocycles. The van der Waals surface area contributed by atoms with E-state index in [2.05, 4.69) is 27.0 Å². The summed E-state index contributed by atoms with van der Waals surface area (Å²) < 4.78 is 5.87. The summed E-state index contributed by atoms with van der Waals surface area (Å²) >= 11 is 4.82. The van der Waals surface area contributed by atoms with Gasteiger partial charge in [0, 0.05) is 21.1 Å². The predicted octanol–water partition coefficient (Wildman–Crippen LogP) is 4.46. The van der Waals surface area contributed by atoms with Crippen LogP contribution in [0, 0.1) is 25.2 Å². The summed E-state index contributed by atoms with van der Waals surface area (Å²) in [4.78, 5) is 5.41. The van der Waals surface area contributed by atoms with Crippen molar-refractivity contribution < 1.29 is 9.84 Å². The van der Waals surface area contributed by atoms with Crippen molar-refractivity contribution in [3.8, 4) is 17.6 Å². The highest BCUT2D eigenvalue weighted by molar-refractivity contribution is 9.10. The molecule has 0 spiro atoms. The van der Waals surface area contributed by atoms with Crippen molar-refractivity contribution >= 4 is 38.5 Å². The lowest BCUT2D eigenvalue weighted by Gasteiger charge is -2.06. The van der Waals surface area contributed by atoms with Crippen molar-refractivity contribution in [3.63, 3.8) is 0 Å². The van der Waals surface area contributed by atoms with E-state index >= 15 is 0 Å². The summed E-state index contributed by atoms with van der Waals surface area (Å²) in [5, 5.41) is 19.9. The van der Waals surface area contributed by atoms with E-state index in [0.29, 0.717) is 21.9 Å². The van der Waals surface area contributed by atoms with Gasteiger partial charge in [-0.25, -0.2) is 4.99 Å². The number of ether oxygens (including phenoxy) is 1. The van der Waals surface area contributed by atoms with Gasteiger partial charge in [-0.3, -0.25) is 0 Å². The van der Waals surface area contributed by atoms with E-state index < -0.39 is 0 Å². The Morgan fingerprint density at radius 2 is 2.14 bits per heavy atom.